The lowest BCUT2D eigenvalue weighted by Crippen LogP contribution is -2.44. The first-order valence-corrected chi connectivity index (χ1v) is 10.1. The lowest BCUT2D eigenvalue weighted by molar-refractivity contribution is -0.130. The van der Waals surface area contributed by atoms with Crippen LogP contribution in [0.2, 0.25) is 0 Å². The minimum Gasteiger partial charge on any atom is -0.483 e. The fourth-order valence-corrected chi connectivity index (χ4v) is 2.58. The van der Waals surface area contributed by atoms with Gasteiger partial charge in [0, 0.05) is 18.5 Å². The van der Waals surface area contributed by atoms with Crippen molar-refractivity contribution in [1.29, 1.82) is 0 Å². The van der Waals surface area contributed by atoms with Crippen molar-refractivity contribution in [3.05, 3.63) is 54.6 Å². The van der Waals surface area contributed by atoms with Crippen molar-refractivity contribution in [3.63, 3.8) is 0 Å². The first-order chi connectivity index (χ1) is 14.7. The van der Waals surface area contributed by atoms with Crippen LogP contribution < -0.4 is 20.9 Å². The molecule has 166 valence electrons. The zero-order valence-electron chi connectivity index (χ0n) is 18.1. The van der Waals surface area contributed by atoms with E-state index in [0.717, 1.165) is 11.1 Å². The molecule has 3 N–H and O–H groups in total. The molecular formula is C23H29N3O5. The molecule has 0 saturated carbocycles. The van der Waals surface area contributed by atoms with Crippen LogP contribution in [0.1, 0.15) is 33.6 Å². The molecule has 0 aliphatic carbocycles. The standard InChI is InChI=1S/C23H29N3O5/c1-23(2,3)31-22(29)24-15-9-14-20(27)25-26-21(28)16-30-19-13-8-7-12-18(19)17-10-5-4-6-11-17/h4-8,10-13H,9,14-16H2,1-3H3,(H,24,29)(H,25,27)(H,26,28). The van der Waals surface area contributed by atoms with Crippen molar-refractivity contribution in [3.8, 4) is 16.9 Å². The predicted molar refractivity (Wildman–Crippen MR) is 117 cm³/mol. The zero-order valence-corrected chi connectivity index (χ0v) is 18.1. The Morgan fingerprint density at radius 1 is 0.871 bits per heavy atom. The van der Waals surface area contributed by atoms with Crippen molar-refractivity contribution in [2.45, 2.75) is 39.2 Å². The van der Waals surface area contributed by atoms with Gasteiger partial charge in [0.2, 0.25) is 5.91 Å². The van der Waals surface area contributed by atoms with Gasteiger partial charge in [-0.1, -0.05) is 48.5 Å². The first-order valence-electron chi connectivity index (χ1n) is 10.1. The van der Waals surface area contributed by atoms with Crippen LogP contribution in [0.5, 0.6) is 5.75 Å². The van der Waals surface area contributed by atoms with E-state index in [2.05, 4.69) is 16.2 Å². The molecule has 3 amide bonds. The van der Waals surface area contributed by atoms with Gasteiger partial charge < -0.3 is 14.8 Å². The molecule has 0 atom stereocenters. The van der Waals surface area contributed by atoms with E-state index >= 15 is 0 Å². The molecule has 0 bridgehead atoms. The largest absolute Gasteiger partial charge is 0.483 e. The second kappa shape index (κ2) is 11.6. The zero-order chi connectivity index (χ0) is 22.7. The molecule has 0 heterocycles. The van der Waals surface area contributed by atoms with E-state index in [1.165, 1.54) is 0 Å². The topological polar surface area (TPSA) is 106 Å². The Morgan fingerprint density at radius 3 is 2.23 bits per heavy atom. The Balaban J connectivity index is 1.68. The molecule has 0 saturated heterocycles. The minimum absolute atomic E-state index is 0.133. The van der Waals surface area contributed by atoms with Crippen LogP contribution >= 0.6 is 0 Å². The van der Waals surface area contributed by atoms with E-state index in [9.17, 15) is 14.4 Å². The van der Waals surface area contributed by atoms with Crippen molar-refractivity contribution in [2.75, 3.05) is 13.2 Å². The van der Waals surface area contributed by atoms with Gasteiger partial charge in [0.25, 0.3) is 5.91 Å². The number of carbonyl (C=O) groups is 3. The van der Waals surface area contributed by atoms with Crippen LogP contribution in [0.15, 0.2) is 54.6 Å². The summed E-state index contributed by atoms with van der Waals surface area (Å²) in [5, 5.41) is 2.57. The monoisotopic (exact) mass is 427 g/mol. The molecule has 2 aromatic rings. The fourth-order valence-electron chi connectivity index (χ4n) is 2.58. The van der Waals surface area contributed by atoms with Crippen LogP contribution in [0.3, 0.4) is 0 Å². The lowest BCUT2D eigenvalue weighted by atomic mass is 10.1. The average molecular weight is 428 g/mol. The summed E-state index contributed by atoms with van der Waals surface area (Å²) in [6.07, 6.45) is 0.00417. The quantitative estimate of drug-likeness (QED) is 0.443. The number of para-hydroxylation sites is 1. The number of carbonyl (C=O) groups excluding carboxylic acids is 3. The summed E-state index contributed by atoms with van der Waals surface area (Å²) >= 11 is 0. The van der Waals surface area contributed by atoms with Gasteiger partial charge in [-0.25, -0.2) is 4.79 Å². The molecular weight excluding hydrogens is 398 g/mol. The van der Waals surface area contributed by atoms with Crippen LogP contribution in [-0.4, -0.2) is 36.7 Å². The molecule has 8 nitrogen and oxygen atoms in total. The summed E-state index contributed by atoms with van der Waals surface area (Å²) in [5.41, 5.74) is 5.92. The van der Waals surface area contributed by atoms with Crippen LogP contribution in [0.25, 0.3) is 11.1 Å². The Labute approximate surface area is 182 Å². The Bertz CT molecular complexity index is 878. The average Bonchev–Trinajstić information content (AvgIpc) is 2.73. The van der Waals surface area contributed by atoms with Crippen LogP contribution in [0, 0.1) is 0 Å². The number of benzene rings is 2. The Morgan fingerprint density at radius 2 is 1.52 bits per heavy atom. The second-order valence-corrected chi connectivity index (χ2v) is 7.78. The normalized spacial score (nSPS) is 10.7. The Kier molecular flexibility index (Phi) is 8.87. The molecule has 0 fully saturated rings. The highest BCUT2D eigenvalue weighted by atomic mass is 16.6. The van der Waals surface area contributed by atoms with E-state index in [1.807, 2.05) is 48.5 Å². The van der Waals surface area contributed by atoms with Crippen LogP contribution in [-0.2, 0) is 14.3 Å². The number of ether oxygens (including phenoxy) is 2. The summed E-state index contributed by atoms with van der Waals surface area (Å²) in [6.45, 7) is 5.35. The molecule has 0 spiro atoms. The van der Waals surface area contributed by atoms with Gasteiger partial charge in [-0.15, -0.1) is 0 Å². The Hall–Kier alpha value is -3.55. The predicted octanol–water partition coefficient (Wildman–Crippen LogP) is 3.18. The fraction of sp³-hybridized carbons (Fsp3) is 0.348. The van der Waals surface area contributed by atoms with E-state index in [4.69, 9.17) is 9.47 Å². The molecule has 31 heavy (non-hydrogen) atoms. The maximum atomic E-state index is 12.0. The third-order valence-corrected chi connectivity index (χ3v) is 3.92. The minimum atomic E-state index is -0.574. The molecule has 0 aliphatic rings. The van der Waals surface area contributed by atoms with E-state index < -0.39 is 17.6 Å². The van der Waals surface area contributed by atoms with Gasteiger partial charge in [-0.3, -0.25) is 20.4 Å². The van der Waals surface area contributed by atoms with Crippen LogP contribution in [0.4, 0.5) is 4.79 Å². The summed E-state index contributed by atoms with van der Waals surface area (Å²) in [7, 11) is 0. The number of nitrogens with one attached hydrogen (secondary N) is 3. The third-order valence-electron chi connectivity index (χ3n) is 3.92. The summed E-state index contributed by atoms with van der Waals surface area (Å²) in [4.78, 5) is 35.3. The van der Waals surface area contributed by atoms with Gasteiger partial charge in [0.05, 0.1) is 0 Å². The van der Waals surface area contributed by atoms with E-state index in [-0.39, 0.29) is 25.5 Å². The summed E-state index contributed by atoms with van der Waals surface area (Å²) in [5.74, 6) is -0.282. The molecule has 0 unspecified atom stereocenters. The van der Waals surface area contributed by atoms with Gasteiger partial charge in [0.15, 0.2) is 6.61 Å². The highest BCUT2D eigenvalue weighted by Crippen LogP contribution is 2.29. The van der Waals surface area contributed by atoms with Crippen molar-refractivity contribution >= 4 is 17.9 Å². The molecule has 0 aromatic heterocycles. The van der Waals surface area contributed by atoms with Crippen molar-refractivity contribution < 1.29 is 23.9 Å². The summed E-state index contributed by atoms with van der Waals surface area (Å²) in [6, 6.07) is 17.1. The maximum Gasteiger partial charge on any atom is 0.407 e. The first kappa shape index (κ1) is 23.7. The van der Waals surface area contributed by atoms with E-state index in [1.54, 1.807) is 26.8 Å². The van der Waals surface area contributed by atoms with Gasteiger partial charge in [-0.2, -0.15) is 0 Å². The lowest BCUT2D eigenvalue weighted by Gasteiger charge is -2.19. The van der Waals surface area contributed by atoms with Gasteiger partial charge >= 0.3 is 6.09 Å². The molecule has 2 rings (SSSR count). The summed E-state index contributed by atoms with van der Waals surface area (Å²) < 4.78 is 10.7. The number of hydrogen-bond acceptors (Lipinski definition) is 5. The number of hydrogen-bond donors (Lipinski definition) is 3. The van der Waals surface area contributed by atoms with Gasteiger partial charge in [0.1, 0.15) is 11.4 Å². The van der Waals surface area contributed by atoms with E-state index in [0.29, 0.717) is 12.2 Å². The van der Waals surface area contributed by atoms with Gasteiger partial charge in [-0.05, 0) is 38.8 Å². The number of hydrazine groups is 1. The van der Waals surface area contributed by atoms with Crippen molar-refractivity contribution in [1.82, 2.24) is 16.2 Å². The third kappa shape index (κ3) is 9.20. The maximum absolute atomic E-state index is 12.0. The molecule has 2 aromatic carbocycles. The molecule has 0 radical (unpaired) electrons. The molecule has 8 heteroatoms. The highest BCUT2D eigenvalue weighted by Gasteiger charge is 2.15. The molecule has 0 aliphatic heterocycles. The number of amides is 3. The smallest absolute Gasteiger partial charge is 0.407 e. The number of rotatable bonds is 8. The SMILES string of the molecule is CC(C)(C)OC(=O)NCCCC(=O)NNC(=O)COc1ccccc1-c1ccccc1. The second-order valence-electron chi connectivity index (χ2n) is 7.78. The highest BCUT2D eigenvalue weighted by molar-refractivity contribution is 5.83. The van der Waals surface area contributed by atoms with Crippen molar-refractivity contribution in [2.24, 2.45) is 0 Å². The number of alkyl carbamates (subject to hydrolysis) is 1.